The van der Waals surface area contributed by atoms with Crippen molar-refractivity contribution in [2.75, 3.05) is 13.1 Å². The molecule has 0 radical (unpaired) electrons. The van der Waals surface area contributed by atoms with E-state index >= 15 is 0 Å². The molecule has 0 aliphatic carbocycles. The van der Waals surface area contributed by atoms with Crippen LogP contribution in [0.25, 0.3) is 0 Å². The van der Waals surface area contributed by atoms with Gasteiger partial charge in [-0.25, -0.2) is 0 Å². The summed E-state index contributed by atoms with van der Waals surface area (Å²) in [6, 6.07) is 2.35. The number of rotatable bonds is 8. The second-order valence-electron chi connectivity index (χ2n) is 4.36. The van der Waals surface area contributed by atoms with Crippen molar-refractivity contribution in [1.29, 1.82) is 0 Å². The van der Waals surface area contributed by atoms with Gasteiger partial charge in [0.05, 0.1) is 12.1 Å². The summed E-state index contributed by atoms with van der Waals surface area (Å²) in [4.78, 5) is 11.6. The first kappa shape index (κ1) is 13.9. The molecule has 1 rings (SSSR count). The molecule has 0 amide bonds. The van der Waals surface area contributed by atoms with Gasteiger partial charge in [0.15, 0.2) is 0 Å². The average Bonchev–Trinajstić information content (AvgIpc) is 2.77. The van der Waals surface area contributed by atoms with Crippen LogP contribution in [0.1, 0.15) is 45.3 Å². The van der Waals surface area contributed by atoms with Crippen LogP contribution in [0.5, 0.6) is 0 Å². The van der Waals surface area contributed by atoms with Crippen molar-refractivity contribution in [3.63, 3.8) is 0 Å². The molecule has 1 atom stereocenters. The molecule has 17 heavy (non-hydrogen) atoms. The molecule has 1 aromatic rings. The quantitative estimate of drug-likeness (QED) is 0.703. The van der Waals surface area contributed by atoms with Crippen LogP contribution in [0.15, 0.2) is 12.3 Å². The van der Waals surface area contributed by atoms with Gasteiger partial charge in [0.25, 0.3) is 0 Å². The predicted molar refractivity (Wildman–Crippen MR) is 69.1 cm³/mol. The lowest BCUT2D eigenvalue weighted by Crippen LogP contribution is -2.18. The van der Waals surface area contributed by atoms with Crippen molar-refractivity contribution in [3.05, 3.63) is 18.0 Å². The van der Waals surface area contributed by atoms with Crippen molar-refractivity contribution in [1.82, 2.24) is 15.1 Å². The van der Waals surface area contributed by atoms with E-state index in [4.69, 9.17) is 0 Å². The monoisotopic (exact) mass is 237 g/mol. The number of carbonyl (C=O) groups is 1. The molecular formula is C13H23N3O. The van der Waals surface area contributed by atoms with Crippen LogP contribution in [-0.2, 0) is 11.2 Å². The molecule has 0 spiro atoms. The lowest BCUT2D eigenvalue weighted by atomic mass is 10.2. The third-order valence-corrected chi connectivity index (χ3v) is 2.91. The third kappa shape index (κ3) is 4.69. The van der Waals surface area contributed by atoms with Crippen molar-refractivity contribution in [2.45, 2.75) is 46.1 Å². The van der Waals surface area contributed by atoms with Gasteiger partial charge in [0.2, 0.25) is 0 Å². The van der Waals surface area contributed by atoms with Gasteiger partial charge in [0, 0.05) is 25.2 Å². The fraction of sp³-hybridized carbons (Fsp3) is 0.692. The Labute approximate surface area is 103 Å². The van der Waals surface area contributed by atoms with Crippen LogP contribution in [-0.4, -0.2) is 28.7 Å². The number of Topliss-reactive ketones (excluding diaryl/α,β-unsaturated/α-hetero) is 1. The Hall–Kier alpha value is -1.16. The Kier molecular flexibility index (Phi) is 5.91. The van der Waals surface area contributed by atoms with Crippen LogP contribution >= 0.6 is 0 Å². The summed E-state index contributed by atoms with van der Waals surface area (Å²) in [7, 11) is 0. The van der Waals surface area contributed by atoms with Crippen LogP contribution in [0.3, 0.4) is 0 Å². The van der Waals surface area contributed by atoms with Gasteiger partial charge < -0.3 is 5.32 Å². The second kappa shape index (κ2) is 7.22. The summed E-state index contributed by atoms with van der Waals surface area (Å²) in [6.07, 6.45) is 4.05. The predicted octanol–water partition coefficient (Wildman–Crippen LogP) is 1.97. The van der Waals surface area contributed by atoms with Crippen LogP contribution < -0.4 is 5.32 Å². The van der Waals surface area contributed by atoms with Gasteiger partial charge in [-0.2, -0.15) is 5.10 Å². The van der Waals surface area contributed by atoms with Crippen molar-refractivity contribution in [3.8, 4) is 0 Å². The van der Waals surface area contributed by atoms with Gasteiger partial charge in [-0.1, -0.05) is 13.8 Å². The summed E-state index contributed by atoms with van der Waals surface area (Å²) in [5.74, 6) is 0.250. The largest absolute Gasteiger partial charge is 0.317 e. The van der Waals surface area contributed by atoms with Gasteiger partial charge >= 0.3 is 0 Å². The number of carbonyl (C=O) groups excluding carboxylic acids is 1. The minimum absolute atomic E-state index is 0.250. The SMILES string of the molecule is CCNCCC(=O)Cc1ccn(C(C)CC)n1. The minimum atomic E-state index is 0.250. The van der Waals surface area contributed by atoms with E-state index in [2.05, 4.69) is 24.3 Å². The molecule has 4 nitrogen and oxygen atoms in total. The molecule has 0 saturated heterocycles. The maximum absolute atomic E-state index is 11.6. The Morgan fingerprint density at radius 3 is 2.94 bits per heavy atom. The van der Waals surface area contributed by atoms with E-state index in [1.54, 1.807) is 0 Å². The van der Waals surface area contributed by atoms with E-state index in [-0.39, 0.29) is 5.78 Å². The van der Waals surface area contributed by atoms with Gasteiger partial charge in [-0.05, 0) is 26.0 Å². The molecule has 0 bridgehead atoms. The number of nitrogens with one attached hydrogen (secondary N) is 1. The summed E-state index contributed by atoms with van der Waals surface area (Å²) in [6.45, 7) is 7.98. The number of nitrogens with zero attached hydrogens (tertiary/aromatic N) is 2. The standard InChI is InChI=1S/C13H23N3O/c1-4-11(3)16-9-7-12(15-16)10-13(17)6-8-14-5-2/h7,9,11,14H,4-6,8,10H2,1-3H3. The number of hydrogen-bond acceptors (Lipinski definition) is 3. The Bertz CT molecular complexity index is 346. The van der Waals surface area contributed by atoms with E-state index < -0.39 is 0 Å². The Balaban J connectivity index is 2.40. The highest BCUT2D eigenvalue weighted by Gasteiger charge is 2.08. The van der Waals surface area contributed by atoms with Gasteiger partial charge in [-0.15, -0.1) is 0 Å². The average molecular weight is 237 g/mol. The molecule has 1 unspecified atom stereocenters. The molecule has 0 aromatic carbocycles. The fourth-order valence-electron chi connectivity index (χ4n) is 1.60. The fourth-order valence-corrected chi connectivity index (χ4v) is 1.60. The van der Waals surface area contributed by atoms with E-state index in [1.807, 2.05) is 23.9 Å². The lowest BCUT2D eigenvalue weighted by Gasteiger charge is -2.08. The highest BCUT2D eigenvalue weighted by molar-refractivity contribution is 5.80. The molecule has 0 aliphatic rings. The first-order valence-corrected chi connectivity index (χ1v) is 6.43. The smallest absolute Gasteiger partial charge is 0.140 e. The Morgan fingerprint density at radius 2 is 2.29 bits per heavy atom. The summed E-state index contributed by atoms with van der Waals surface area (Å²) in [5.41, 5.74) is 0.881. The van der Waals surface area contributed by atoms with E-state index in [9.17, 15) is 4.79 Å². The summed E-state index contributed by atoms with van der Waals surface area (Å²) in [5, 5.41) is 7.58. The van der Waals surface area contributed by atoms with Crippen molar-refractivity contribution in [2.24, 2.45) is 0 Å². The highest BCUT2D eigenvalue weighted by Crippen LogP contribution is 2.09. The van der Waals surface area contributed by atoms with E-state index in [0.29, 0.717) is 18.9 Å². The second-order valence-corrected chi connectivity index (χ2v) is 4.36. The number of hydrogen-bond donors (Lipinski definition) is 1. The van der Waals surface area contributed by atoms with Crippen LogP contribution in [0.2, 0.25) is 0 Å². The zero-order chi connectivity index (χ0) is 12.7. The van der Waals surface area contributed by atoms with Gasteiger partial charge in [-0.3, -0.25) is 9.48 Å². The summed E-state index contributed by atoms with van der Waals surface area (Å²) < 4.78 is 1.94. The van der Waals surface area contributed by atoms with Crippen LogP contribution in [0.4, 0.5) is 0 Å². The van der Waals surface area contributed by atoms with Gasteiger partial charge in [0.1, 0.15) is 5.78 Å². The van der Waals surface area contributed by atoms with Crippen molar-refractivity contribution >= 4 is 5.78 Å². The lowest BCUT2D eigenvalue weighted by molar-refractivity contribution is -0.118. The highest BCUT2D eigenvalue weighted by atomic mass is 16.1. The molecule has 0 aliphatic heterocycles. The Morgan fingerprint density at radius 1 is 1.53 bits per heavy atom. The summed E-state index contributed by atoms with van der Waals surface area (Å²) >= 11 is 0. The molecule has 1 heterocycles. The minimum Gasteiger partial charge on any atom is -0.317 e. The molecule has 1 aromatic heterocycles. The molecular weight excluding hydrogens is 214 g/mol. The zero-order valence-electron chi connectivity index (χ0n) is 11.1. The molecule has 0 saturated carbocycles. The molecule has 1 N–H and O–H groups in total. The maximum Gasteiger partial charge on any atom is 0.140 e. The molecule has 0 fully saturated rings. The molecule has 96 valence electrons. The topological polar surface area (TPSA) is 46.9 Å². The first-order valence-electron chi connectivity index (χ1n) is 6.43. The number of aromatic nitrogens is 2. The van der Waals surface area contributed by atoms with E-state index in [1.165, 1.54) is 0 Å². The maximum atomic E-state index is 11.6. The number of ketones is 1. The van der Waals surface area contributed by atoms with E-state index in [0.717, 1.165) is 25.2 Å². The van der Waals surface area contributed by atoms with Crippen molar-refractivity contribution < 1.29 is 4.79 Å². The van der Waals surface area contributed by atoms with Crippen LogP contribution in [0, 0.1) is 0 Å². The zero-order valence-corrected chi connectivity index (χ0v) is 11.1. The third-order valence-electron chi connectivity index (χ3n) is 2.91. The molecule has 4 heteroatoms. The normalized spacial score (nSPS) is 12.6. The first-order chi connectivity index (χ1) is 8.17.